The summed E-state index contributed by atoms with van der Waals surface area (Å²) in [7, 11) is 0. The summed E-state index contributed by atoms with van der Waals surface area (Å²) in [4.78, 5) is 0. The lowest BCUT2D eigenvalue weighted by Crippen LogP contribution is -2.25. The lowest BCUT2D eigenvalue weighted by atomic mass is 10.4. The molecule has 0 saturated heterocycles. The second kappa shape index (κ2) is 5.84. The molecule has 0 unspecified atom stereocenters. The van der Waals surface area contributed by atoms with Gasteiger partial charge >= 0.3 is 0 Å². The molecule has 0 rings (SSSR count). The number of hydrazine groups is 1. The van der Waals surface area contributed by atoms with Crippen molar-refractivity contribution in [3.8, 4) is 0 Å². The molecule has 0 saturated carbocycles. The van der Waals surface area contributed by atoms with E-state index in [-0.39, 0.29) is 0 Å². The van der Waals surface area contributed by atoms with E-state index in [0.717, 1.165) is 6.42 Å². The molecule has 4 nitrogen and oxygen atoms in total. The van der Waals surface area contributed by atoms with Crippen molar-refractivity contribution in [2.24, 2.45) is 5.84 Å². The van der Waals surface area contributed by atoms with Crippen molar-refractivity contribution in [1.29, 1.82) is 0 Å². The van der Waals surface area contributed by atoms with E-state index in [9.17, 15) is 5.21 Å². The van der Waals surface area contributed by atoms with Crippen molar-refractivity contribution in [2.75, 3.05) is 13.1 Å². The number of hydroxylamine groups is 1. The SMILES string of the molecule is NNCCCN[O-]. The predicted molar refractivity (Wildman–Crippen MR) is 28.2 cm³/mol. The summed E-state index contributed by atoms with van der Waals surface area (Å²) < 4.78 is 0. The van der Waals surface area contributed by atoms with Gasteiger partial charge in [0.25, 0.3) is 0 Å². The molecule has 0 fully saturated rings. The van der Waals surface area contributed by atoms with E-state index in [1.807, 2.05) is 0 Å². The number of nitrogens with two attached hydrogens (primary N) is 1. The van der Waals surface area contributed by atoms with Gasteiger partial charge in [-0.1, -0.05) is 0 Å². The van der Waals surface area contributed by atoms with Gasteiger partial charge in [-0.05, 0) is 13.0 Å². The van der Waals surface area contributed by atoms with Crippen molar-refractivity contribution >= 4 is 0 Å². The highest BCUT2D eigenvalue weighted by Gasteiger charge is 1.75. The molecule has 0 spiro atoms. The molecule has 4 heteroatoms. The third-order valence-corrected chi connectivity index (χ3v) is 0.600. The fraction of sp³-hybridized carbons (Fsp3) is 1.00. The maximum Gasteiger partial charge on any atom is 0.0109 e. The summed E-state index contributed by atoms with van der Waals surface area (Å²) in [5, 5.41) is 9.49. The second-order valence-electron chi connectivity index (χ2n) is 1.20. The highest BCUT2D eigenvalue weighted by atomic mass is 16.5. The summed E-state index contributed by atoms with van der Waals surface area (Å²) >= 11 is 0. The summed E-state index contributed by atoms with van der Waals surface area (Å²) in [6, 6.07) is 0. The van der Waals surface area contributed by atoms with Crippen LogP contribution in [0, 0.1) is 5.21 Å². The van der Waals surface area contributed by atoms with E-state index in [2.05, 4.69) is 5.43 Å². The van der Waals surface area contributed by atoms with Crippen molar-refractivity contribution in [2.45, 2.75) is 6.42 Å². The second-order valence-corrected chi connectivity index (χ2v) is 1.20. The Morgan fingerprint density at radius 2 is 2.14 bits per heavy atom. The normalized spacial score (nSPS) is 9.43. The lowest BCUT2D eigenvalue weighted by molar-refractivity contribution is 0.659. The van der Waals surface area contributed by atoms with E-state index in [1.54, 1.807) is 5.48 Å². The first-order chi connectivity index (χ1) is 3.41. The molecule has 0 radical (unpaired) electrons. The van der Waals surface area contributed by atoms with Gasteiger partial charge in [-0.25, -0.2) is 0 Å². The molecular formula is C3H10N3O-. The first-order valence-electron chi connectivity index (χ1n) is 2.20. The minimum atomic E-state index is 0.476. The molecule has 44 valence electrons. The van der Waals surface area contributed by atoms with E-state index in [1.165, 1.54) is 0 Å². The number of hydrogen-bond acceptors (Lipinski definition) is 4. The molecule has 0 amide bonds. The zero-order valence-electron chi connectivity index (χ0n) is 4.11. The zero-order chi connectivity index (χ0) is 5.54. The van der Waals surface area contributed by atoms with Gasteiger partial charge < -0.3 is 10.7 Å². The molecule has 0 aromatic rings. The monoisotopic (exact) mass is 104 g/mol. The molecule has 0 aliphatic heterocycles. The molecule has 0 heterocycles. The van der Waals surface area contributed by atoms with Crippen LogP contribution in [-0.4, -0.2) is 13.1 Å². The van der Waals surface area contributed by atoms with Gasteiger partial charge in [-0.15, -0.1) is 0 Å². The van der Waals surface area contributed by atoms with Gasteiger partial charge in [0.15, 0.2) is 0 Å². The number of hydrogen-bond donors (Lipinski definition) is 3. The quantitative estimate of drug-likeness (QED) is 0.241. The Morgan fingerprint density at radius 3 is 2.57 bits per heavy atom. The molecule has 0 bridgehead atoms. The molecular weight excluding hydrogens is 94.1 g/mol. The molecule has 0 aromatic carbocycles. The Hall–Kier alpha value is -0.160. The summed E-state index contributed by atoms with van der Waals surface area (Å²) in [5.74, 6) is 4.89. The third-order valence-electron chi connectivity index (χ3n) is 0.600. The third kappa shape index (κ3) is 5.84. The van der Waals surface area contributed by atoms with Crippen molar-refractivity contribution in [3.63, 3.8) is 0 Å². The Morgan fingerprint density at radius 1 is 1.43 bits per heavy atom. The van der Waals surface area contributed by atoms with Crippen LogP contribution >= 0.6 is 0 Å². The van der Waals surface area contributed by atoms with Gasteiger partial charge in [0.2, 0.25) is 0 Å². The largest absolute Gasteiger partial charge is 0.788 e. The van der Waals surface area contributed by atoms with E-state index < -0.39 is 0 Å². The van der Waals surface area contributed by atoms with Crippen molar-refractivity contribution < 1.29 is 0 Å². The molecule has 7 heavy (non-hydrogen) atoms. The van der Waals surface area contributed by atoms with Crippen LogP contribution in [0.4, 0.5) is 0 Å². The van der Waals surface area contributed by atoms with Crippen LogP contribution in [0.5, 0.6) is 0 Å². The predicted octanol–water partition coefficient (Wildman–Crippen LogP) is -1.07. The van der Waals surface area contributed by atoms with Gasteiger partial charge in [0.1, 0.15) is 0 Å². The summed E-state index contributed by atoms with van der Waals surface area (Å²) in [6.45, 7) is 1.17. The average molecular weight is 104 g/mol. The van der Waals surface area contributed by atoms with Gasteiger partial charge in [-0.2, -0.15) is 0 Å². The van der Waals surface area contributed by atoms with E-state index >= 15 is 0 Å². The highest BCUT2D eigenvalue weighted by molar-refractivity contribution is 4.45. The fourth-order valence-corrected chi connectivity index (χ4v) is 0.263. The minimum absolute atomic E-state index is 0.476. The smallest absolute Gasteiger partial charge is 0.0109 e. The van der Waals surface area contributed by atoms with Crippen LogP contribution in [0.1, 0.15) is 6.42 Å². The first-order valence-corrected chi connectivity index (χ1v) is 2.20. The van der Waals surface area contributed by atoms with Crippen molar-refractivity contribution in [3.05, 3.63) is 5.21 Å². The van der Waals surface area contributed by atoms with Gasteiger partial charge in [0.05, 0.1) is 0 Å². The van der Waals surface area contributed by atoms with E-state index in [4.69, 9.17) is 5.84 Å². The maximum absolute atomic E-state index is 9.49. The standard InChI is InChI=1S/C3H10N3O/c4-5-2-1-3-6-7/h5-6H,1-4H2/q-1. The zero-order valence-corrected chi connectivity index (χ0v) is 4.11. The van der Waals surface area contributed by atoms with E-state index in [0.29, 0.717) is 13.1 Å². The van der Waals surface area contributed by atoms with Gasteiger partial charge in [-0.3, -0.25) is 11.3 Å². The Balaban J connectivity index is 2.45. The minimum Gasteiger partial charge on any atom is -0.788 e. The average Bonchev–Trinajstić information content (AvgIpc) is 1.69. The van der Waals surface area contributed by atoms with Crippen molar-refractivity contribution in [1.82, 2.24) is 10.9 Å². The summed E-state index contributed by atoms with van der Waals surface area (Å²) in [5.41, 5.74) is 4.18. The van der Waals surface area contributed by atoms with Crippen LogP contribution in [0.15, 0.2) is 0 Å². The Kier molecular flexibility index (Phi) is 5.71. The lowest BCUT2D eigenvalue weighted by Gasteiger charge is -2.04. The van der Waals surface area contributed by atoms with Crippen LogP contribution < -0.4 is 16.7 Å². The van der Waals surface area contributed by atoms with Crippen LogP contribution in [-0.2, 0) is 0 Å². The number of rotatable bonds is 4. The topological polar surface area (TPSA) is 73.1 Å². The van der Waals surface area contributed by atoms with Crippen LogP contribution in [0.2, 0.25) is 0 Å². The number of nitrogens with one attached hydrogen (secondary N) is 2. The molecule has 0 aromatic heterocycles. The Bertz CT molecular complexity index is 29.4. The van der Waals surface area contributed by atoms with Crippen LogP contribution in [0.25, 0.3) is 0 Å². The molecule has 4 N–H and O–H groups in total. The van der Waals surface area contributed by atoms with Gasteiger partial charge in [0, 0.05) is 6.54 Å². The van der Waals surface area contributed by atoms with Crippen LogP contribution in [0.3, 0.4) is 0 Å². The molecule has 0 aliphatic carbocycles. The highest BCUT2D eigenvalue weighted by Crippen LogP contribution is 1.66. The first kappa shape index (κ1) is 6.84. The molecule has 0 aliphatic rings. The fourth-order valence-electron chi connectivity index (χ4n) is 0.263. The maximum atomic E-state index is 9.49. The Labute approximate surface area is 42.6 Å². The summed E-state index contributed by atoms with van der Waals surface area (Å²) in [6.07, 6.45) is 0.778. The molecule has 0 atom stereocenters.